The molecule has 1 heterocycles. The maximum absolute atomic E-state index is 4.58. The van der Waals surface area contributed by atoms with Gasteiger partial charge in [0.15, 0.2) is 0 Å². The molecule has 0 fully saturated rings. The van der Waals surface area contributed by atoms with Crippen molar-refractivity contribution in [1.82, 2.24) is 9.55 Å². The first-order valence-electron chi connectivity index (χ1n) is 7.59. The highest BCUT2D eigenvalue weighted by molar-refractivity contribution is 5.60. The highest BCUT2D eigenvalue weighted by Gasteiger charge is 2.08. The lowest BCUT2D eigenvalue weighted by Crippen LogP contribution is -2.04. The SMILES string of the molecule is CCC/C=C(\CCC)c1nccn1Cc1ccccc1. The van der Waals surface area contributed by atoms with Crippen molar-refractivity contribution in [2.24, 2.45) is 0 Å². The highest BCUT2D eigenvalue weighted by atomic mass is 15.1. The number of benzene rings is 1. The Balaban J connectivity index is 2.22. The van der Waals surface area contributed by atoms with Crippen LogP contribution in [0.3, 0.4) is 0 Å². The largest absolute Gasteiger partial charge is 0.327 e. The predicted octanol–water partition coefficient (Wildman–Crippen LogP) is 4.92. The molecule has 0 amide bonds. The Morgan fingerprint density at radius 2 is 1.95 bits per heavy atom. The number of allylic oxidation sites excluding steroid dienone is 2. The van der Waals surface area contributed by atoms with Crippen LogP contribution in [-0.4, -0.2) is 9.55 Å². The zero-order chi connectivity index (χ0) is 14.2. The summed E-state index contributed by atoms with van der Waals surface area (Å²) < 4.78 is 2.26. The van der Waals surface area contributed by atoms with Crippen LogP contribution in [0.4, 0.5) is 0 Å². The van der Waals surface area contributed by atoms with Crippen molar-refractivity contribution in [3.05, 3.63) is 60.2 Å². The van der Waals surface area contributed by atoms with E-state index in [-0.39, 0.29) is 0 Å². The summed E-state index contributed by atoms with van der Waals surface area (Å²) in [7, 11) is 0. The van der Waals surface area contributed by atoms with Crippen LogP contribution in [0, 0.1) is 0 Å². The fraction of sp³-hybridized carbons (Fsp3) is 0.389. The summed E-state index contributed by atoms with van der Waals surface area (Å²) in [6, 6.07) is 10.6. The smallest absolute Gasteiger partial charge is 0.135 e. The van der Waals surface area contributed by atoms with Gasteiger partial charge in [0.25, 0.3) is 0 Å². The van der Waals surface area contributed by atoms with E-state index in [4.69, 9.17) is 0 Å². The predicted molar refractivity (Wildman–Crippen MR) is 85.6 cm³/mol. The van der Waals surface area contributed by atoms with E-state index in [1.807, 2.05) is 6.20 Å². The average Bonchev–Trinajstić information content (AvgIpc) is 2.92. The molecule has 2 rings (SSSR count). The fourth-order valence-corrected chi connectivity index (χ4v) is 2.40. The Labute approximate surface area is 122 Å². The van der Waals surface area contributed by atoms with E-state index < -0.39 is 0 Å². The molecule has 0 atom stereocenters. The van der Waals surface area contributed by atoms with Crippen molar-refractivity contribution in [2.45, 2.75) is 46.1 Å². The number of rotatable bonds is 7. The Bertz CT molecular complexity index is 538. The average molecular weight is 268 g/mol. The van der Waals surface area contributed by atoms with Crippen LogP contribution in [0.2, 0.25) is 0 Å². The first-order valence-corrected chi connectivity index (χ1v) is 7.59. The summed E-state index contributed by atoms with van der Waals surface area (Å²) in [5, 5.41) is 0. The number of hydrogen-bond donors (Lipinski definition) is 0. The lowest BCUT2D eigenvalue weighted by atomic mass is 10.1. The zero-order valence-corrected chi connectivity index (χ0v) is 12.5. The van der Waals surface area contributed by atoms with Crippen molar-refractivity contribution < 1.29 is 0 Å². The number of nitrogens with zero attached hydrogens (tertiary/aromatic N) is 2. The monoisotopic (exact) mass is 268 g/mol. The third-order valence-electron chi connectivity index (χ3n) is 3.40. The van der Waals surface area contributed by atoms with Crippen LogP contribution in [0.1, 0.15) is 50.9 Å². The molecule has 20 heavy (non-hydrogen) atoms. The van der Waals surface area contributed by atoms with Gasteiger partial charge in [0, 0.05) is 18.9 Å². The topological polar surface area (TPSA) is 17.8 Å². The molecule has 0 aliphatic rings. The maximum Gasteiger partial charge on any atom is 0.135 e. The number of imidazole rings is 1. The van der Waals surface area contributed by atoms with E-state index in [1.165, 1.54) is 17.6 Å². The number of unbranched alkanes of at least 4 members (excludes halogenated alkanes) is 1. The standard InChI is InChI=1S/C18H24N2/c1-3-5-12-17(9-4-2)18-19-13-14-20(18)15-16-10-7-6-8-11-16/h6-8,10-14H,3-5,9,15H2,1-2H3/b17-12+. The second-order valence-electron chi connectivity index (χ2n) is 5.13. The van der Waals surface area contributed by atoms with Gasteiger partial charge in [0.05, 0.1) is 0 Å². The van der Waals surface area contributed by atoms with Crippen LogP contribution in [0.5, 0.6) is 0 Å². The Morgan fingerprint density at radius 1 is 1.15 bits per heavy atom. The molecule has 0 bridgehead atoms. The van der Waals surface area contributed by atoms with Gasteiger partial charge in [-0.3, -0.25) is 0 Å². The first-order chi connectivity index (χ1) is 9.85. The summed E-state index contributed by atoms with van der Waals surface area (Å²) in [5.41, 5.74) is 2.70. The number of hydrogen-bond acceptors (Lipinski definition) is 1. The molecule has 0 unspecified atom stereocenters. The second-order valence-corrected chi connectivity index (χ2v) is 5.13. The van der Waals surface area contributed by atoms with Crippen molar-refractivity contribution >= 4 is 5.57 Å². The summed E-state index contributed by atoms with van der Waals surface area (Å²) >= 11 is 0. The molecule has 0 saturated heterocycles. The van der Waals surface area contributed by atoms with E-state index in [0.29, 0.717) is 0 Å². The van der Waals surface area contributed by atoms with Crippen molar-refractivity contribution in [3.8, 4) is 0 Å². The summed E-state index contributed by atoms with van der Waals surface area (Å²) in [6.07, 6.45) is 10.9. The van der Waals surface area contributed by atoms with Crippen molar-refractivity contribution in [3.63, 3.8) is 0 Å². The molecule has 2 aromatic rings. The highest BCUT2D eigenvalue weighted by Crippen LogP contribution is 2.20. The van der Waals surface area contributed by atoms with E-state index in [0.717, 1.165) is 31.6 Å². The van der Waals surface area contributed by atoms with Gasteiger partial charge < -0.3 is 4.57 Å². The lowest BCUT2D eigenvalue weighted by Gasteiger charge is -2.11. The fourth-order valence-electron chi connectivity index (χ4n) is 2.40. The van der Waals surface area contributed by atoms with Crippen LogP contribution in [-0.2, 0) is 6.54 Å². The molecule has 1 aromatic heterocycles. The van der Waals surface area contributed by atoms with E-state index in [9.17, 15) is 0 Å². The van der Waals surface area contributed by atoms with Gasteiger partial charge in [0.1, 0.15) is 5.82 Å². The van der Waals surface area contributed by atoms with Gasteiger partial charge >= 0.3 is 0 Å². The van der Waals surface area contributed by atoms with Gasteiger partial charge in [-0.25, -0.2) is 4.98 Å². The second kappa shape index (κ2) is 7.68. The van der Waals surface area contributed by atoms with Gasteiger partial charge in [0.2, 0.25) is 0 Å². The quantitative estimate of drug-likeness (QED) is 0.697. The van der Waals surface area contributed by atoms with Gasteiger partial charge in [-0.15, -0.1) is 0 Å². The van der Waals surface area contributed by atoms with Crippen molar-refractivity contribution in [2.75, 3.05) is 0 Å². The summed E-state index contributed by atoms with van der Waals surface area (Å²) in [6.45, 7) is 5.34. The minimum atomic E-state index is 0.892. The Kier molecular flexibility index (Phi) is 5.60. The molecule has 0 saturated carbocycles. The molecule has 0 N–H and O–H groups in total. The molecule has 0 radical (unpaired) electrons. The molecule has 0 spiro atoms. The third kappa shape index (κ3) is 3.83. The molecular weight excluding hydrogens is 244 g/mol. The van der Waals surface area contributed by atoms with Crippen LogP contribution in [0.15, 0.2) is 48.8 Å². The number of aromatic nitrogens is 2. The van der Waals surface area contributed by atoms with E-state index in [2.05, 4.69) is 66.0 Å². The van der Waals surface area contributed by atoms with Crippen LogP contribution >= 0.6 is 0 Å². The molecule has 2 nitrogen and oxygen atoms in total. The summed E-state index contributed by atoms with van der Waals surface area (Å²) in [5.74, 6) is 1.13. The normalized spacial score (nSPS) is 11.8. The van der Waals surface area contributed by atoms with Gasteiger partial charge in [-0.05, 0) is 24.0 Å². The van der Waals surface area contributed by atoms with Crippen molar-refractivity contribution in [1.29, 1.82) is 0 Å². The molecule has 0 aliphatic heterocycles. The van der Waals surface area contributed by atoms with Gasteiger partial charge in [-0.1, -0.05) is 63.1 Å². The Hall–Kier alpha value is -1.83. The molecule has 106 valence electrons. The first kappa shape index (κ1) is 14.6. The van der Waals surface area contributed by atoms with Crippen LogP contribution < -0.4 is 0 Å². The van der Waals surface area contributed by atoms with E-state index in [1.54, 1.807) is 0 Å². The minimum Gasteiger partial charge on any atom is -0.327 e. The maximum atomic E-state index is 4.58. The molecule has 0 aliphatic carbocycles. The van der Waals surface area contributed by atoms with Gasteiger partial charge in [-0.2, -0.15) is 0 Å². The molecular formula is C18H24N2. The minimum absolute atomic E-state index is 0.892. The zero-order valence-electron chi connectivity index (χ0n) is 12.5. The lowest BCUT2D eigenvalue weighted by molar-refractivity contribution is 0.772. The third-order valence-corrected chi connectivity index (χ3v) is 3.40. The molecule has 2 heteroatoms. The van der Waals surface area contributed by atoms with E-state index >= 15 is 0 Å². The Morgan fingerprint density at radius 3 is 2.65 bits per heavy atom. The summed E-state index contributed by atoms with van der Waals surface area (Å²) in [4.78, 5) is 4.58. The van der Waals surface area contributed by atoms with Crippen LogP contribution in [0.25, 0.3) is 5.57 Å². The molecule has 1 aromatic carbocycles.